The number of nitrogens with one attached hydrogen (secondary N) is 1. The van der Waals surface area contributed by atoms with Gasteiger partial charge in [0.15, 0.2) is 0 Å². The molecule has 0 spiro atoms. The molecule has 0 aliphatic heterocycles. The van der Waals surface area contributed by atoms with E-state index < -0.39 is 0 Å². The van der Waals surface area contributed by atoms with E-state index in [1.54, 1.807) is 0 Å². The zero-order valence-corrected chi connectivity index (χ0v) is 13.2. The zero-order chi connectivity index (χ0) is 14.7. The molecule has 3 rings (SSSR count). The summed E-state index contributed by atoms with van der Waals surface area (Å²) < 4.78 is 0. The van der Waals surface area contributed by atoms with Crippen LogP contribution in [-0.2, 0) is 6.54 Å². The lowest BCUT2D eigenvalue weighted by molar-refractivity contribution is 0.205. The maximum absolute atomic E-state index is 4.56. The van der Waals surface area contributed by atoms with Crippen molar-refractivity contribution in [2.75, 3.05) is 0 Å². The summed E-state index contributed by atoms with van der Waals surface area (Å²) in [5.74, 6) is 1.59. The molecule has 112 valence electrons. The minimum atomic E-state index is 0.665. The van der Waals surface area contributed by atoms with E-state index in [0.29, 0.717) is 6.04 Å². The minimum absolute atomic E-state index is 0.665. The van der Waals surface area contributed by atoms with Crippen molar-refractivity contribution in [3.63, 3.8) is 0 Å². The normalized spacial score (nSPS) is 22.8. The second kappa shape index (κ2) is 6.57. The third-order valence-electron chi connectivity index (χ3n) is 4.95. The lowest BCUT2D eigenvalue weighted by Gasteiger charge is -2.35. The van der Waals surface area contributed by atoms with Gasteiger partial charge >= 0.3 is 0 Å². The van der Waals surface area contributed by atoms with Crippen LogP contribution in [0.3, 0.4) is 0 Å². The Kier molecular flexibility index (Phi) is 4.54. The second-order valence-electron chi connectivity index (χ2n) is 6.67. The predicted octanol–water partition coefficient (Wildman–Crippen LogP) is 4.54. The second-order valence-corrected chi connectivity index (χ2v) is 6.67. The van der Waals surface area contributed by atoms with Crippen LogP contribution >= 0.6 is 0 Å². The third kappa shape index (κ3) is 3.26. The van der Waals surface area contributed by atoms with Crippen molar-refractivity contribution in [2.24, 2.45) is 11.8 Å². The van der Waals surface area contributed by atoms with Crippen LogP contribution in [0.1, 0.15) is 45.1 Å². The van der Waals surface area contributed by atoms with Crippen molar-refractivity contribution in [2.45, 2.75) is 52.1 Å². The molecule has 2 heteroatoms. The molecule has 2 nitrogen and oxygen atoms in total. The molecule has 1 N–H and O–H groups in total. The molecule has 1 aromatic heterocycles. The number of fused-ring (bicyclic) bond motifs is 1. The largest absolute Gasteiger partial charge is 0.310 e. The molecular weight excluding hydrogens is 256 g/mol. The molecule has 1 fully saturated rings. The molecule has 1 heterocycles. The fourth-order valence-corrected chi connectivity index (χ4v) is 3.76. The summed E-state index contributed by atoms with van der Waals surface area (Å²) >= 11 is 0. The quantitative estimate of drug-likeness (QED) is 0.890. The van der Waals surface area contributed by atoms with Gasteiger partial charge < -0.3 is 5.32 Å². The Morgan fingerprint density at radius 3 is 2.81 bits per heavy atom. The van der Waals surface area contributed by atoms with Gasteiger partial charge in [-0.05, 0) is 36.3 Å². The number of pyridine rings is 1. The van der Waals surface area contributed by atoms with Crippen LogP contribution in [-0.4, -0.2) is 11.0 Å². The summed E-state index contributed by atoms with van der Waals surface area (Å²) in [6.07, 6.45) is 7.36. The van der Waals surface area contributed by atoms with Crippen LogP contribution in [0.2, 0.25) is 0 Å². The average molecular weight is 282 g/mol. The topological polar surface area (TPSA) is 24.9 Å². The first kappa shape index (κ1) is 14.5. The number of aromatic nitrogens is 1. The predicted molar refractivity (Wildman–Crippen MR) is 89.2 cm³/mol. The third-order valence-corrected chi connectivity index (χ3v) is 4.95. The fourth-order valence-electron chi connectivity index (χ4n) is 3.76. The van der Waals surface area contributed by atoms with E-state index in [4.69, 9.17) is 0 Å². The molecule has 2 unspecified atom stereocenters. The first-order valence-corrected chi connectivity index (χ1v) is 8.31. The number of nitrogens with zero attached hydrogens (tertiary/aromatic N) is 1. The molecule has 0 bridgehead atoms. The zero-order valence-electron chi connectivity index (χ0n) is 13.2. The monoisotopic (exact) mass is 282 g/mol. The van der Waals surface area contributed by atoms with Crippen molar-refractivity contribution in [3.05, 3.63) is 42.1 Å². The Morgan fingerprint density at radius 2 is 1.95 bits per heavy atom. The van der Waals surface area contributed by atoms with E-state index in [2.05, 4.69) is 48.4 Å². The lowest BCUT2D eigenvalue weighted by Crippen LogP contribution is -2.40. The van der Waals surface area contributed by atoms with Gasteiger partial charge in [0.25, 0.3) is 0 Å². The van der Waals surface area contributed by atoms with E-state index in [0.717, 1.165) is 23.9 Å². The van der Waals surface area contributed by atoms with Gasteiger partial charge in [-0.1, -0.05) is 51.0 Å². The summed E-state index contributed by atoms with van der Waals surface area (Å²) in [7, 11) is 0. The molecule has 0 saturated heterocycles. The highest BCUT2D eigenvalue weighted by molar-refractivity contribution is 5.81. The Balaban J connectivity index is 1.73. The van der Waals surface area contributed by atoms with Gasteiger partial charge in [-0.25, -0.2) is 0 Å². The number of hydrogen-bond acceptors (Lipinski definition) is 2. The van der Waals surface area contributed by atoms with Gasteiger partial charge in [-0.3, -0.25) is 4.98 Å². The molecule has 2 atom stereocenters. The van der Waals surface area contributed by atoms with Crippen LogP contribution < -0.4 is 5.32 Å². The van der Waals surface area contributed by atoms with Crippen molar-refractivity contribution in [1.82, 2.24) is 10.3 Å². The molecule has 1 saturated carbocycles. The molecule has 2 aromatic rings. The van der Waals surface area contributed by atoms with E-state index in [1.165, 1.54) is 36.6 Å². The van der Waals surface area contributed by atoms with Gasteiger partial charge in [0.1, 0.15) is 0 Å². The van der Waals surface area contributed by atoms with Crippen LogP contribution in [0.25, 0.3) is 10.9 Å². The van der Waals surface area contributed by atoms with Crippen LogP contribution in [0.15, 0.2) is 36.5 Å². The molecule has 0 amide bonds. The lowest BCUT2D eigenvalue weighted by atomic mass is 9.78. The van der Waals surface area contributed by atoms with E-state index in [1.807, 2.05) is 12.3 Å². The molecular formula is C19H26N2. The van der Waals surface area contributed by atoms with Crippen molar-refractivity contribution in [1.29, 1.82) is 0 Å². The number of hydrogen-bond donors (Lipinski definition) is 1. The number of benzene rings is 1. The summed E-state index contributed by atoms with van der Waals surface area (Å²) in [6.45, 7) is 5.66. The van der Waals surface area contributed by atoms with E-state index in [9.17, 15) is 0 Å². The Bertz CT molecular complexity index is 586. The summed E-state index contributed by atoms with van der Waals surface area (Å²) in [4.78, 5) is 4.56. The van der Waals surface area contributed by atoms with Crippen LogP contribution in [0.4, 0.5) is 0 Å². The van der Waals surface area contributed by atoms with Crippen molar-refractivity contribution >= 4 is 10.9 Å². The Labute approximate surface area is 128 Å². The molecule has 1 aromatic carbocycles. The molecule has 1 aliphatic carbocycles. The summed E-state index contributed by atoms with van der Waals surface area (Å²) in [5, 5.41) is 5.06. The van der Waals surface area contributed by atoms with Gasteiger partial charge in [0.2, 0.25) is 0 Å². The minimum Gasteiger partial charge on any atom is -0.310 e. The van der Waals surface area contributed by atoms with Crippen LogP contribution in [0, 0.1) is 11.8 Å². The summed E-state index contributed by atoms with van der Waals surface area (Å²) in [6, 6.07) is 11.3. The van der Waals surface area contributed by atoms with E-state index >= 15 is 0 Å². The highest BCUT2D eigenvalue weighted by Crippen LogP contribution is 2.30. The van der Waals surface area contributed by atoms with E-state index in [-0.39, 0.29) is 0 Å². The number of para-hydroxylation sites is 1. The molecule has 0 radical (unpaired) electrons. The smallest absolute Gasteiger partial charge is 0.0746 e. The first-order valence-electron chi connectivity index (χ1n) is 8.31. The Hall–Kier alpha value is -1.41. The van der Waals surface area contributed by atoms with Crippen molar-refractivity contribution < 1.29 is 0 Å². The van der Waals surface area contributed by atoms with Gasteiger partial charge in [0, 0.05) is 24.2 Å². The Morgan fingerprint density at radius 1 is 1.14 bits per heavy atom. The maximum atomic E-state index is 4.56. The van der Waals surface area contributed by atoms with Crippen molar-refractivity contribution in [3.8, 4) is 0 Å². The average Bonchev–Trinajstić information content (AvgIpc) is 2.53. The van der Waals surface area contributed by atoms with Gasteiger partial charge in [0.05, 0.1) is 5.52 Å². The SMILES string of the molecule is CC(C)C1CCCCC1NCc1cccc2cccnc12. The fraction of sp³-hybridized carbons (Fsp3) is 0.526. The molecule has 1 aliphatic rings. The first-order chi connectivity index (χ1) is 10.3. The van der Waals surface area contributed by atoms with Gasteiger partial charge in [-0.15, -0.1) is 0 Å². The standard InChI is InChI=1S/C19H26N2/c1-14(2)17-10-3-4-11-18(17)21-13-16-8-5-7-15-9-6-12-20-19(15)16/h5-9,12,14,17-18,21H,3-4,10-11,13H2,1-2H3. The summed E-state index contributed by atoms with van der Waals surface area (Å²) in [5.41, 5.74) is 2.46. The highest BCUT2D eigenvalue weighted by atomic mass is 14.9. The number of rotatable bonds is 4. The van der Waals surface area contributed by atoms with Crippen LogP contribution in [0.5, 0.6) is 0 Å². The molecule has 21 heavy (non-hydrogen) atoms. The maximum Gasteiger partial charge on any atom is 0.0746 e. The highest BCUT2D eigenvalue weighted by Gasteiger charge is 2.26. The van der Waals surface area contributed by atoms with Gasteiger partial charge in [-0.2, -0.15) is 0 Å².